The van der Waals surface area contributed by atoms with E-state index in [2.05, 4.69) is 34.5 Å². The molecular weight excluding hydrogens is 242 g/mol. The van der Waals surface area contributed by atoms with Gasteiger partial charge in [-0.3, -0.25) is 9.67 Å². The maximum Gasteiger partial charge on any atom is 0.138 e. The first kappa shape index (κ1) is 13.5. The van der Waals surface area contributed by atoms with E-state index in [1.165, 1.54) is 0 Å². The van der Waals surface area contributed by atoms with Crippen molar-refractivity contribution in [3.63, 3.8) is 0 Å². The van der Waals surface area contributed by atoms with Crippen molar-refractivity contribution < 1.29 is 4.74 Å². The van der Waals surface area contributed by atoms with Crippen molar-refractivity contribution in [3.05, 3.63) is 35.9 Å². The van der Waals surface area contributed by atoms with Crippen LogP contribution in [0.2, 0.25) is 0 Å². The van der Waals surface area contributed by atoms with Gasteiger partial charge in [0.2, 0.25) is 0 Å². The fraction of sp³-hybridized carbons (Fsp3) is 0.462. The van der Waals surface area contributed by atoms with E-state index in [0.29, 0.717) is 12.6 Å². The van der Waals surface area contributed by atoms with Gasteiger partial charge in [-0.25, -0.2) is 0 Å². The molecule has 0 saturated heterocycles. The zero-order chi connectivity index (χ0) is 13.7. The summed E-state index contributed by atoms with van der Waals surface area (Å²) in [5.41, 5.74) is 1.80. The number of aryl methyl sites for hydroxylation is 1. The lowest BCUT2D eigenvalue weighted by molar-refractivity contribution is 0.299. The number of rotatable bonds is 6. The molecule has 2 aromatic rings. The molecule has 0 aliphatic rings. The van der Waals surface area contributed by atoms with Gasteiger partial charge in [0.05, 0.1) is 18.1 Å². The standard InChI is InChI=1S/C13H19N5O/c1-10(2)14-6-11-4-5-13(7-15-11)19-9-12-8-18(3)17-16-12/h4-5,7-8,10,14H,6,9H2,1-3H3. The van der Waals surface area contributed by atoms with Crippen molar-refractivity contribution in [2.75, 3.05) is 0 Å². The van der Waals surface area contributed by atoms with E-state index in [4.69, 9.17) is 4.74 Å². The van der Waals surface area contributed by atoms with E-state index in [1.807, 2.05) is 25.4 Å². The molecule has 0 unspecified atom stereocenters. The van der Waals surface area contributed by atoms with Crippen LogP contribution in [-0.4, -0.2) is 26.0 Å². The van der Waals surface area contributed by atoms with Gasteiger partial charge in [0.15, 0.2) is 0 Å². The highest BCUT2D eigenvalue weighted by molar-refractivity contribution is 5.20. The average Bonchev–Trinajstić information content (AvgIpc) is 2.81. The van der Waals surface area contributed by atoms with Gasteiger partial charge in [-0.2, -0.15) is 0 Å². The Morgan fingerprint density at radius 2 is 2.16 bits per heavy atom. The Kier molecular flexibility index (Phi) is 4.46. The van der Waals surface area contributed by atoms with E-state index in [0.717, 1.165) is 23.7 Å². The Bertz CT molecular complexity index is 506. The van der Waals surface area contributed by atoms with Crippen molar-refractivity contribution >= 4 is 0 Å². The third-order valence-electron chi connectivity index (χ3n) is 2.53. The van der Waals surface area contributed by atoms with E-state index < -0.39 is 0 Å². The topological polar surface area (TPSA) is 64.9 Å². The predicted octanol–water partition coefficient (Wildman–Crippen LogP) is 1.29. The number of pyridine rings is 1. The van der Waals surface area contributed by atoms with Crippen molar-refractivity contribution in [3.8, 4) is 5.75 Å². The zero-order valence-corrected chi connectivity index (χ0v) is 11.5. The number of aromatic nitrogens is 4. The predicted molar refractivity (Wildman–Crippen MR) is 71.5 cm³/mol. The van der Waals surface area contributed by atoms with Gasteiger partial charge in [0.25, 0.3) is 0 Å². The summed E-state index contributed by atoms with van der Waals surface area (Å²) in [7, 11) is 1.83. The molecule has 0 aromatic carbocycles. The lowest BCUT2D eigenvalue weighted by Gasteiger charge is -2.08. The molecule has 0 aliphatic heterocycles. The summed E-state index contributed by atoms with van der Waals surface area (Å²) in [6, 6.07) is 4.33. The molecule has 2 rings (SSSR count). The van der Waals surface area contributed by atoms with Gasteiger partial charge in [0.1, 0.15) is 18.1 Å². The molecule has 0 fully saturated rings. The first-order valence-electron chi connectivity index (χ1n) is 6.30. The average molecular weight is 261 g/mol. The summed E-state index contributed by atoms with van der Waals surface area (Å²) in [4.78, 5) is 4.34. The highest BCUT2D eigenvalue weighted by Crippen LogP contribution is 2.11. The third kappa shape index (κ3) is 4.33. The van der Waals surface area contributed by atoms with Crippen molar-refractivity contribution in [2.45, 2.75) is 33.0 Å². The fourth-order valence-electron chi connectivity index (χ4n) is 1.53. The number of nitrogens with zero attached hydrogens (tertiary/aromatic N) is 4. The Hall–Kier alpha value is -1.95. The van der Waals surface area contributed by atoms with E-state index in [9.17, 15) is 0 Å². The molecule has 0 saturated carbocycles. The number of hydrogen-bond acceptors (Lipinski definition) is 5. The molecule has 0 aliphatic carbocycles. The van der Waals surface area contributed by atoms with Gasteiger partial charge in [0, 0.05) is 19.6 Å². The zero-order valence-electron chi connectivity index (χ0n) is 11.5. The summed E-state index contributed by atoms with van der Waals surface area (Å²) in [6.45, 7) is 5.39. The van der Waals surface area contributed by atoms with Crippen LogP contribution in [0.25, 0.3) is 0 Å². The van der Waals surface area contributed by atoms with Crippen LogP contribution < -0.4 is 10.1 Å². The Morgan fingerprint density at radius 1 is 1.32 bits per heavy atom. The van der Waals surface area contributed by atoms with Gasteiger partial charge in [-0.1, -0.05) is 19.1 Å². The van der Waals surface area contributed by atoms with Crippen LogP contribution in [0, 0.1) is 0 Å². The lowest BCUT2D eigenvalue weighted by Crippen LogP contribution is -2.22. The van der Waals surface area contributed by atoms with Crippen LogP contribution in [0.4, 0.5) is 0 Å². The first-order chi connectivity index (χ1) is 9.13. The summed E-state index contributed by atoms with van der Waals surface area (Å²) in [6.07, 6.45) is 3.56. The molecular formula is C13H19N5O. The summed E-state index contributed by atoms with van der Waals surface area (Å²) >= 11 is 0. The number of nitrogens with one attached hydrogen (secondary N) is 1. The van der Waals surface area contributed by atoms with Crippen LogP contribution >= 0.6 is 0 Å². The molecule has 0 amide bonds. The molecule has 2 heterocycles. The summed E-state index contributed by atoms with van der Waals surface area (Å²) in [5, 5.41) is 11.1. The Labute approximate surface area is 112 Å². The summed E-state index contributed by atoms with van der Waals surface area (Å²) in [5.74, 6) is 0.735. The van der Waals surface area contributed by atoms with Gasteiger partial charge in [-0.15, -0.1) is 5.10 Å². The molecule has 0 spiro atoms. The van der Waals surface area contributed by atoms with Crippen molar-refractivity contribution in [2.24, 2.45) is 7.05 Å². The Morgan fingerprint density at radius 3 is 2.74 bits per heavy atom. The van der Waals surface area contributed by atoms with Crippen LogP contribution in [0.5, 0.6) is 5.75 Å². The van der Waals surface area contributed by atoms with E-state index in [1.54, 1.807) is 10.9 Å². The molecule has 6 nitrogen and oxygen atoms in total. The smallest absolute Gasteiger partial charge is 0.138 e. The first-order valence-corrected chi connectivity index (χ1v) is 6.30. The largest absolute Gasteiger partial charge is 0.486 e. The quantitative estimate of drug-likeness (QED) is 0.848. The van der Waals surface area contributed by atoms with Crippen LogP contribution in [0.3, 0.4) is 0 Å². The third-order valence-corrected chi connectivity index (χ3v) is 2.53. The van der Waals surface area contributed by atoms with Gasteiger partial charge in [-0.05, 0) is 12.1 Å². The van der Waals surface area contributed by atoms with Crippen LogP contribution in [-0.2, 0) is 20.2 Å². The molecule has 19 heavy (non-hydrogen) atoms. The highest BCUT2D eigenvalue weighted by Gasteiger charge is 2.01. The molecule has 2 aromatic heterocycles. The number of hydrogen-bond donors (Lipinski definition) is 1. The fourth-order valence-corrected chi connectivity index (χ4v) is 1.53. The maximum atomic E-state index is 5.59. The second kappa shape index (κ2) is 6.29. The monoisotopic (exact) mass is 261 g/mol. The molecule has 0 bridgehead atoms. The minimum absolute atomic E-state index is 0.402. The van der Waals surface area contributed by atoms with E-state index >= 15 is 0 Å². The molecule has 0 atom stereocenters. The minimum Gasteiger partial charge on any atom is -0.486 e. The second-order valence-electron chi connectivity index (χ2n) is 4.69. The van der Waals surface area contributed by atoms with Gasteiger partial charge < -0.3 is 10.1 Å². The molecule has 0 radical (unpaired) electrons. The Balaban J connectivity index is 1.84. The SMILES string of the molecule is CC(C)NCc1ccc(OCc2cn(C)nn2)cn1. The molecule has 6 heteroatoms. The normalized spacial score (nSPS) is 10.9. The van der Waals surface area contributed by atoms with Crippen molar-refractivity contribution in [1.82, 2.24) is 25.3 Å². The van der Waals surface area contributed by atoms with Crippen molar-refractivity contribution in [1.29, 1.82) is 0 Å². The molecule has 102 valence electrons. The maximum absolute atomic E-state index is 5.59. The summed E-state index contributed by atoms with van der Waals surface area (Å²) < 4.78 is 7.24. The molecule has 1 N–H and O–H groups in total. The minimum atomic E-state index is 0.402. The lowest BCUT2D eigenvalue weighted by atomic mass is 10.3. The van der Waals surface area contributed by atoms with E-state index in [-0.39, 0.29) is 0 Å². The highest BCUT2D eigenvalue weighted by atomic mass is 16.5. The van der Waals surface area contributed by atoms with Gasteiger partial charge >= 0.3 is 0 Å². The second-order valence-corrected chi connectivity index (χ2v) is 4.69. The van der Waals surface area contributed by atoms with Crippen LogP contribution in [0.15, 0.2) is 24.5 Å². The van der Waals surface area contributed by atoms with Crippen LogP contribution in [0.1, 0.15) is 25.2 Å². The number of ether oxygens (including phenoxy) is 1.